The van der Waals surface area contributed by atoms with Crippen molar-refractivity contribution in [3.63, 3.8) is 0 Å². The third-order valence-electron chi connectivity index (χ3n) is 5.48. The standard InChI is InChI=1S/C26H37N3O6S/c1-7-35-24-14-10-22(11-15-24)29(36(6,32)33)18-25(30)28(20(4)26(31)27-16-19(2)3)17-21-8-12-23(34-5)13-9-21/h8-15,19-20H,7,16-18H2,1-6H3,(H,27,31)/t20-/m0/s1. The Morgan fingerprint density at radius 2 is 1.56 bits per heavy atom. The van der Waals surface area contributed by atoms with Crippen molar-refractivity contribution in [2.24, 2.45) is 5.92 Å². The van der Waals surface area contributed by atoms with Gasteiger partial charge in [-0.05, 0) is 61.7 Å². The SMILES string of the molecule is CCOc1ccc(N(CC(=O)N(Cc2ccc(OC)cc2)[C@@H](C)C(=O)NCC(C)C)S(C)(=O)=O)cc1. The summed E-state index contributed by atoms with van der Waals surface area (Å²) in [6.45, 7) is 8.06. The first-order valence-electron chi connectivity index (χ1n) is 11.9. The Bertz CT molecular complexity index is 1100. The van der Waals surface area contributed by atoms with Gasteiger partial charge in [-0.2, -0.15) is 0 Å². The Morgan fingerprint density at radius 1 is 0.972 bits per heavy atom. The summed E-state index contributed by atoms with van der Waals surface area (Å²) >= 11 is 0. The summed E-state index contributed by atoms with van der Waals surface area (Å²) in [5.41, 5.74) is 1.11. The smallest absolute Gasteiger partial charge is 0.244 e. The van der Waals surface area contributed by atoms with Crippen LogP contribution in [0.1, 0.15) is 33.3 Å². The molecule has 0 unspecified atom stereocenters. The van der Waals surface area contributed by atoms with Crippen molar-refractivity contribution in [1.82, 2.24) is 10.2 Å². The fourth-order valence-corrected chi connectivity index (χ4v) is 4.30. The van der Waals surface area contributed by atoms with E-state index in [4.69, 9.17) is 9.47 Å². The number of carbonyl (C=O) groups is 2. The van der Waals surface area contributed by atoms with Gasteiger partial charge in [0.25, 0.3) is 0 Å². The second-order valence-corrected chi connectivity index (χ2v) is 10.8. The molecule has 2 aromatic carbocycles. The van der Waals surface area contributed by atoms with Gasteiger partial charge in [0.2, 0.25) is 21.8 Å². The molecule has 0 aliphatic rings. The van der Waals surface area contributed by atoms with Gasteiger partial charge in [-0.1, -0.05) is 26.0 Å². The highest BCUT2D eigenvalue weighted by atomic mass is 32.2. The zero-order valence-corrected chi connectivity index (χ0v) is 22.7. The molecule has 2 amide bonds. The molecule has 2 rings (SSSR count). The molecule has 2 aromatic rings. The molecule has 0 radical (unpaired) electrons. The highest BCUT2D eigenvalue weighted by Gasteiger charge is 2.30. The van der Waals surface area contributed by atoms with E-state index in [-0.39, 0.29) is 18.4 Å². The molecule has 0 bridgehead atoms. The first-order chi connectivity index (χ1) is 17.0. The number of rotatable bonds is 13. The van der Waals surface area contributed by atoms with Crippen molar-refractivity contribution in [2.75, 3.05) is 37.4 Å². The van der Waals surface area contributed by atoms with Gasteiger partial charge in [-0.15, -0.1) is 0 Å². The lowest BCUT2D eigenvalue weighted by Gasteiger charge is -2.31. The minimum absolute atomic E-state index is 0.125. The molecule has 1 N–H and O–H groups in total. The average molecular weight is 520 g/mol. The highest BCUT2D eigenvalue weighted by Crippen LogP contribution is 2.23. The van der Waals surface area contributed by atoms with Crippen LogP contribution in [0.25, 0.3) is 0 Å². The first kappa shape index (κ1) is 29.0. The van der Waals surface area contributed by atoms with Gasteiger partial charge in [0.15, 0.2) is 0 Å². The predicted molar refractivity (Wildman–Crippen MR) is 141 cm³/mol. The average Bonchev–Trinajstić information content (AvgIpc) is 2.84. The van der Waals surface area contributed by atoms with Crippen LogP contribution in [-0.4, -0.2) is 64.2 Å². The van der Waals surface area contributed by atoms with E-state index in [1.807, 2.05) is 20.8 Å². The maximum absolute atomic E-state index is 13.5. The van der Waals surface area contributed by atoms with Gasteiger partial charge >= 0.3 is 0 Å². The number of benzene rings is 2. The number of ether oxygens (including phenoxy) is 2. The summed E-state index contributed by atoms with van der Waals surface area (Å²) in [6, 6.07) is 12.8. The van der Waals surface area contributed by atoms with Crippen molar-refractivity contribution in [3.05, 3.63) is 54.1 Å². The number of nitrogens with zero attached hydrogens (tertiary/aromatic N) is 2. The van der Waals surface area contributed by atoms with Crippen LogP contribution in [0.5, 0.6) is 11.5 Å². The Balaban J connectivity index is 2.34. The van der Waals surface area contributed by atoms with Crippen molar-refractivity contribution in [3.8, 4) is 11.5 Å². The fourth-order valence-electron chi connectivity index (χ4n) is 3.45. The Hall–Kier alpha value is -3.27. The van der Waals surface area contributed by atoms with E-state index in [1.54, 1.807) is 62.6 Å². The van der Waals surface area contributed by atoms with Gasteiger partial charge in [0, 0.05) is 13.1 Å². The molecule has 0 spiro atoms. The first-order valence-corrected chi connectivity index (χ1v) is 13.7. The van der Waals surface area contributed by atoms with Crippen LogP contribution in [0.3, 0.4) is 0 Å². The van der Waals surface area contributed by atoms with E-state index in [2.05, 4.69) is 5.32 Å². The van der Waals surface area contributed by atoms with Gasteiger partial charge in [0.05, 0.1) is 25.7 Å². The molecule has 0 aliphatic carbocycles. The molecule has 10 heteroatoms. The number of sulfonamides is 1. The second kappa shape index (κ2) is 13.2. The van der Waals surface area contributed by atoms with E-state index < -0.39 is 28.5 Å². The zero-order chi connectivity index (χ0) is 26.9. The molecule has 0 heterocycles. The lowest BCUT2D eigenvalue weighted by molar-refractivity contribution is -0.139. The molecule has 0 saturated heterocycles. The van der Waals surface area contributed by atoms with Crippen molar-refractivity contribution >= 4 is 27.5 Å². The van der Waals surface area contributed by atoms with Gasteiger partial charge < -0.3 is 19.7 Å². The van der Waals surface area contributed by atoms with Crippen LogP contribution in [-0.2, 0) is 26.2 Å². The van der Waals surface area contributed by atoms with Gasteiger partial charge in [-0.3, -0.25) is 13.9 Å². The number of hydrogen-bond acceptors (Lipinski definition) is 6. The number of anilines is 1. The normalized spacial score (nSPS) is 12.1. The summed E-state index contributed by atoms with van der Waals surface area (Å²) in [4.78, 5) is 27.8. The molecule has 9 nitrogen and oxygen atoms in total. The monoisotopic (exact) mass is 519 g/mol. The quantitative estimate of drug-likeness (QED) is 0.436. The minimum Gasteiger partial charge on any atom is -0.497 e. The van der Waals surface area contributed by atoms with E-state index in [0.29, 0.717) is 30.3 Å². The molecule has 36 heavy (non-hydrogen) atoms. The lowest BCUT2D eigenvalue weighted by Crippen LogP contribution is -2.51. The fraction of sp³-hybridized carbons (Fsp3) is 0.462. The maximum Gasteiger partial charge on any atom is 0.244 e. The molecular formula is C26H37N3O6S. The summed E-state index contributed by atoms with van der Waals surface area (Å²) in [7, 11) is -2.23. The molecule has 0 fully saturated rings. The van der Waals surface area contributed by atoms with Crippen molar-refractivity contribution < 1.29 is 27.5 Å². The van der Waals surface area contributed by atoms with E-state index in [0.717, 1.165) is 16.1 Å². The minimum atomic E-state index is -3.79. The van der Waals surface area contributed by atoms with Crippen molar-refractivity contribution in [2.45, 2.75) is 40.3 Å². The van der Waals surface area contributed by atoms with Crippen molar-refractivity contribution in [1.29, 1.82) is 0 Å². The molecular weight excluding hydrogens is 482 g/mol. The number of hydrogen-bond donors (Lipinski definition) is 1. The van der Waals surface area contributed by atoms with Crippen LogP contribution < -0.4 is 19.1 Å². The largest absolute Gasteiger partial charge is 0.497 e. The summed E-state index contributed by atoms with van der Waals surface area (Å²) in [5.74, 6) is 0.692. The topological polar surface area (TPSA) is 105 Å². The zero-order valence-electron chi connectivity index (χ0n) is 21.9. The molecule has 0 saturated carbocycles. The van der Waals surface area contributed by atoms with Crippen LogP contribution in [0, 0.1) is 5.92 Å². The molecule has 0 aliphatic heterocycles. The second-order valence-electron chi connectivity index (χ2n) is 8.88. The number of amides is 2. The highest BCUT2D eigenvalue weighted by molar-refractivity contribution is 7.92. The molecule has 1 atom stereocenters. The summed E-state index contributed by atoms with van der Waals surface area (Å²) in [5, 5.41) is 2.86. The number of carbonyl (C=O) groups excluding carboxylic acids is 2. The number of nitrogens with one attached hydrogen (secondary N) is 1. The Morgan fingerprint density at radius 3 is 2.06 bits per heavy atom. The van der Waals surface area contributed by atoms with Gasteiger partial charge in [0.1, 0.15) is 24.1 Å². The van der Waals surface area contributed by atoms with Crippen LogP contribution in [0.15, 0.2) is 48.5 Å². The van der Waals surface area contributed by atoms with Crippen LogP contribution in [0.4, 0.5) is 5.69 Å². The summed E-state index contributed by atoms with van der Waals surface area (Å²) in [6.07, 6.45) is 1.04. The molecule has 198 valence electrons. The summed E-state index contributed by atoms with van der Waals surface area (Å²) < 4.78 is 36.9. The van der Waals surface area contributed by atoms with Crippen LogP contribution in [0.2, 0.25) is 0 Å². The third-order valence-corrected chi connectivity index (χ3v) is 6.62. The van der Waals surface area contributed by atoms with E-state index in [9.17, 15) is 18.0 Å². The predicted octanol–water partition coefficient (Wildman–Crippen LogP) is 3.05. The Kier molecular flexibility index (Phi) is 10.6. The van der Waals surface area contributed by atoms with E-state index >= 15 is 0 Å². The molecule has 0 aromatic heterocycles. The Labute approximate surface area is 214 Å². The maximum atomic E-state index is 13.5. The lowest BCUT2D eigenvalue weighted by atomic mass is 10.1. The van der Waals surface area contributed by atoms with Gasteiger partial charge in [-0.25, -0.2) is 8.42 Å². The van der Waals surface area contributed by atoms with E-state index in [1.165, 1.54) is 4.90 Å². The van der Waals surface area contributed by atoms with Crippen LogP contribution >= 0.6 is 0 Å². The number of methoxy groups -OCH3 is 1. The third kappa shape index (κ3) is 8.44.